The number of rotatable bonds is 5. The summed E-state index contributed by atoms with van der Waals surface area (Å²) in [5.74, 6) is 0.245. The molecule has 1 aliphatic carbocycles. The summed E-state index contributed by atoms with van der Waals surface area (Å²) in [7, 11) is 2.08. The average Bonchev–Trinajstić information content (AvgIpc) is 3.76. The van der Waals surface area contributed by atoms with Crippen LogP contribution in [0, 0.1) is 5.92 Å². The minimum Gasteiger partial charge on any atom is -0.387 e. The summed E-state index contributed by atoms with van der Waals surface area (Å²) in [6, 6.07) is 1.62. The van der Waals surface area contributed by atoms with Gasteiger partial charge in [0.25, 0.3) is 0 Å². The van der Waals surface area contributed by atoms with Gasteiger partial charge in [-0.1, -0.05) is 66.7 Å². The third kappa shape index (κ3) is 7.46. The van der Waals surface area contributed by atoms with Crippen molar-refractivity contribution in [3.63, 3.8) is 0 Å². The van der Waals surface area contributed by atoms with Crippen molar-refractivity contribution >= 4 is 11.5 Å². The monoisotopic (exact) mass is 495 g/mol. The van der Waals surface area contributed by atoms with Gasteiger partial charge in [0.05, 0.1) is 17.0 Å². The molecule has 5 nitrogen and oxygen atoms in total. The predicted molar refractivity (Wildman–Crippen MR) is 157 cm³/mol. The number of nitrogens with zero attached hydrogens (tertiary/aromatic N) is 2. The van der Waals surface area contributed by atoms with Crippen molar-refractivity contribution in [2.45, 2.75) is 74.3 Å². The number of hydrogen-bond acceptors (Lipinski definition) is 4. The van der Waals surface area contributed by atoms with Gasteiger partial charge >= 0.3 is 0 Å². The van der Waals surface area contributed by atoms with E-state index in [1.165, 1.54) is 42.1 Å². The van der Waals surface area contributed by atoms with Crippen molar-refractivity contribution in [3.05, 3.63) is 87.5 Å². The fraction of sp³-hybridized carbons (Fsp3) is 0.484. The number of pyridine rings is 1. The first-order valence-electron chi connectivity index (χ1n) is 13.6. The summed E-state index contributed by atoms with van der Waals surface area (Å²) in [5, 5.41) is 3.23. The smallest absolute Gasteiger partial charge is 0.193 e. The minimum atomic E-state index is -0.328. The van der Waals surface area contributed by atoms with E-state index in [0.717, 1.165) is 31.0 Å². The quantitative estimate of drug-likeness (QED) is 0.353. The molecule has 0 bridgehead atoms. The zero-order chi connectivity index (χ0) is 27.3. The molecular weight excluding hydrogens is 446 g/mol. The van der Waals surface area contributed by atoms with Gasteiger partial charge in [0.2, 0.25) is 0 Å². The van der Waals surface area contributed by atoms with Crippen LogP contribution in [0.5, 0.6) is 0 Å². The highest BCUT2D eigenvalue weighted by atomic mass is 16.1. The molecule has 2 aliphatic heterocycles. The van der Waals surface area contributed by atoms with Gasteiger partial charge in [0.15, 0.2) is 11.2 Å². The number of fused-ring (bicyclic) bond motifs is 1. The third-order valence-corrected chi connectivity index (χ3v) is 5.84. The fourth-order valence-corrected chi connectivity index (χ4v) is 4.20. The minimum absolute atomic E-state index is 0. The standard InChI is InChI=1S/C24H27N3O2.C3H8.2C2H6.H2/c1-4-18(16-6-7-16)23(17-8-10-25-11-9-17)24-20-14-22(29)19(21(28)5-2)15-27(20)13-12-26(24)3;1-3-2;2*1-2;/h4-5,8-10,14-16,25H,2,6-7,11-13H2,1,3H3;3H2,1-2H3;2*1-2H3;1H/b18-4+,24-23-;;;;. The van der Waals surface area contributed by atoms with Gasteiger partial charge in [0.1, 0.15) is 0 Å². The molecule has 1 N–H and O–H groups in total. The molecule has 0 amide bonds. The molecule has 0 aromatic carbocycles. The Kier molecular flexibility index (Phi) is 13.6. The molecular formula is C31H49N3O2. The van der Waals surface area contributed by atoms with Crippen LogP contribution in [0.4, 0.5) is 0 Å². The predicted octanol–water partition coefficient (Wildman–Crippen LogP) is 6.99. The Balaban J connectivity index is 0.00000148. The summed E-state index contributed by atoms with van der Waals surface area (Å²) in [6.07, 6.45) is 15.1. The van der Waals surface area contributed by atoms with Crippen LogP contribution >= 0.6 is 0 Å². The Morgan fingerprint density at radius 2 is 1.83 bits per heavy atom. The van der Waals surface area contributed by atoms with E-state index in [0.29, 0.717) is 5.92 Å². The first kappa shape index (κ1) is 31.0. The highest BCUT2D eigenvalue weighted by molar-refractivity contribution is 6.04. The van der Waals surface area contributed by atoms with E-state index < -0.39 is 0 Å². The van der Waals surface area contributed by atoms with Gasteiger partial charge in [-0.3, -0.25) is 9.59 Å². The SMILES string of the molecule is C=CC(=O)c1cn2c(cc1=O)/C(=C(C1=CCNC=C1)/C(=C/C)C1CC1)N(C)CC2.CC.CC.CCC.[HH]. The number of likely N-dealkylation sites (N-methyl/N-ethyl adjacent to an activating group) is 1. The van der Waals surface area contributed by atoms with Crippen molar-refractivity contribution in [1.29, 1.82) is 0 Å². The van der Waals surface area contributed by atoms with Crippen molar-refractivity contribution in [2.24, 2.45) is 5.92 Å². The van der Waals surface area contributed by atoms with Crippen LogP contribution < -0.4 is 10.7 Å². The van der Waals surface area contributed by atoms with Gasteiger partial charge in [0, 0.05) is 45.9 Å². The lowest BCUT2D eigenvalue weighted by Gasteiger charge is -2.35. The lowest BCUT2D eigenvalue weighted by molar-refractivity contribution is 0.104. The second kappa shape index (κ2) is 15.8. The first-order valence-corrected chi connectivity index (χ1v) is 13.6. The third-order valence-electron chi connectivity index (χ3n) is 5.84. The Morgan fingerprint density at radius 1 is 1.19 bits per heavy atom. The lowest BCUT2D eigenvalue weighted by Crippen LogP contribution is -2.34. The van der Waals surface area contributed by atoms with Crippen LogP contribution in [-0.4, -0.2) is 35.4 Å². The number of carbonyl (C=O) groups excluding carboxylic acids is 1. The number of allylic oxidation sites excluding steroid dienone is 6. The maximum atomic E-state index is 12.8. The summed E-state index contributed by atoms with van der Waals surface area (Å²) >= 11 is 0. The fourth-order valence-electron chi connectivity index (χ4n) is 4.20. The topological polar surface area (TPSA) is 54.3 Å². The number of aromatic nitrogens is 1. The van der Waals surface area contributed by atoms with Crippen LogP contribution in [0.2, 0.25) is 0 Å². The molecule has 1 aromatic heterocycles. The molecule has 4 rings (SSSR count). The van der Waals surface area contributed by atoms with Crippen LogP contribution in [0.15, 0.2) is 70.9 Å². The molecule has 0 radical (unpaired) electrons. The molecule has 36 heavy (non-hydrogen) atoms. The van der Waals surface area contributed by atoms with E-state index in [2.05, 4.69) is 62.8 Å². The van der Waals surface area contributed by atoms with Crippen molar-refractivity contribution < 1.29 is 6.22 Å². The van der Waals surface area contributed by atoms with Crippen LogP contribution in [0.25, 0.3) is 5.70 Å². The highest BCUT2D eigenvalue weighted by Gasteiger charge is 2.33. The van der Waals surface area contributed by atoms with Crippen LogP contribution in [-0.2, 0) is 6.54 Å². The van der Waals surface area contributed by atoms with E-state index in [1.807, 2.05) is 38.5 Å². The highest BCUT2D eigenvalue weighted by Crippen LogP contribution is 2.45. The average molecular weight is 496 g/mol. The number of dihydropyridines is 1. The molecule has 1 aromatic rings. The second-order valence-electron chi connectivity index (χ2n) is 8.47. The van der Waals surface area contributed by atoms with Crippen molar-refractivity contribution in [2.75, 3.05) is 20.1 Å². The molecule has 3 heterocycles. The number of nitrogens with one attached hydrogen (secondary N) is 1. The lowest BCUT2D eigenvalue weighted by atomic mass is 9.88. The first-order chi connectivity index (χ1) is 17.5. The molecule has 1 saturated carbocycles. The number of carbonyl (C=O) groups is 1. The molecule has 3 aliphatic rings. The van der Waals surface area contributed by atoms with Crippen LogP contribution in [0.3, 0.4) is 0 Å². The number of ketones is 1. The van der Waals surface area contributed by atoms with E-state index in [1.54, 1.807) is 12.3 Å². The van der Waals surface area contributed by atoms with Gasteiger partial charge in [-0.05, 0) is 55.2 Å². The Labute approximate surface area is 220 Å². The van der Waals surface area contributed by atoms with Gasteiger partial charge < -0.3 is 14.8 Å². The Bertz CT molecular complexity index is 1070. The molecule has 1 fully saturated rings. The summed E-state index contributed by atoms with van der Waals surface area (Å²) in [5.41, 5.74) is 5.58. The van der Waals surface area contributed by atoms with E-state index >= 15 is 0 Å². The molecule has 0 saturated heterocycles. The van der Waals surface area contributed by atoms with Gasteiger partial charge in [-0.2, -0.15) is 0 Å². The van der Waals surface area contributed by atoms with E-state index in [4.69, 9.17) is 0 Å². The molecule has 5 heteroatoms. The number of hydrogen-bond donors (Lipinski definition) is 1. The van der Waals surface area contributed by atoms with Crippen molar-refractivity contribution in [1.82, 2.24) is 14.8 Å². The van der Waals surface area contributed by atoms with Crippen LogP contribution in [0.1, 0.15) is 85.2 Å². The Morgan fingerprint density at radius 3 is 2.33 bits per heavy atom. The molecule has 0 spiro atoms. The normalized spacial score (nSPS) is 17.4. The zero-order valence-corrected chi connectivity index (χ0v) is 23.8. The van der Waals surface area contributed by atoms with Gasteiger partial charge in [-0.25, -0.2) is 0 Å². The maximum Gasteiger partial charge on any atom is 0.193 e. The largest absolute Gasteiger partial charge is 0.387 e. The second-order valence-corrected chi connectivity index (χ2v) is 8.47. The maximum absolute atomic E-state index is 12.8. The zero-order valence-electron chi connectivity index (χ0n) is 23.8. The molecule has 0 atom stereocenters. The summed E-state index contributed by atoms with van der Waals surface area (Å²) in [6.45, 7) is 20.2. The van der Waals surface area contributed by atoms with E-state index in [-0.39, 0.29) is 18.2 Å². The van der Waals surface area contributed by atoms with E-state index in [9.17, 15) is 9.59 Å². The van der Waals surface area contributed by atoms with Crippen molar-refractivity contribution in [3.8, 4) is 0 Å². The summed E-state index contributed by atoms with van der Waals surface area (Å²) < 4.78 is 2.04. The Hall–Kier alpha value is -3.08. The molecule has 0 unspecified atom stereocenters. The summed E-state index contributed by atoms with van der Waals surface area (Å²) in [4.78, 5) is 27.1. The molecule has 200 valence electrons. The van der Waals surface area contributed by atoms with Gasteiger partial charge in [-0.15, -0.1) is 0 Å².